The van der Waals surface area contributed by atoms with Crippen molar-refractivity contribution in [1.29, 1.82) is 0 Å². The summed E-state index contributed by atoms with van der Waals surface area (Å²) in [7, 11) is 0. The minimum Gasteiger partial charge on any atom is -0.338 e. The lowest BCUT2D eigenvalue weighted by Gasteiger charge is -2.04. The Morgan fingerprint density at radius 3 is 2.65 bits per heavy atom. The highest BCUT2D eigenvalue weighted by atomic mass is 16.5. The van der Waals surface area contributed by atoms with Crippen molar-refractivity contribution in [3.05, 3.63) is 47.1 Å². The number of nitrogens with zero attached hydrogens (tertiary/aromatic N) is 2. The molecule has 1 unspecified atom stereocenters. The number of hydrogen-bond acceptors (Lipinski definition) is 4. The lowest BCUT2D eigenvalue weighted by Crippen LogP contribution is -2.11. The zero-order chi connectivity index (χ0) is 13.9. The molecule has 1 aliphatic carbocycles. The normalized spacial score (nSPS) is 16.3. The smallest absolute Gasteiger partial charge is 0.243 e. The molecule has 1 aromatic heterocycles. The SMILES string of the molecule is CCCCC(N)c1nc(C2Cc3ccccc3C2)no1. The fourth-order valence-corrected chi connectivity index (χ4v) is 2.85. The van der Waals surface area contributed by atoms with E-state index in [1.54, 1.807) is 0 Å². The van der Waals surface area contributed by atoms with Crippen LogP contribution < -0.4 is 5.73 Å². The molecule has 0 saturated heterocycles. The van der Waals surface area contributed by atoms with Gasteiger partial charge in [0.1, 0.15) is 0 Å². The quantitative estimate of drug-likeness (QED) is 0.907. The molecule has 4 nitrogen and oxygen atoms in total. The first kappa shape index (κ1) is 13.3. The van der Waals surface area contributed by atoms with Gasteiger partial charge in [0, 0.05) is 5.92 Å². The molecule has 2 N–H and O–H groups in total. The molecule has 106 valence electrons. The lowest BCUT2D eigenvalue weighted by molar-refractivity contribution is 0.341. The van der Waals surface area contributed by atoms with Crippen molar-refractivity contribution < 1.29 is 4.52 Å². The summed E-state index contributed by atoms with van der Waals surface area (Å²) in [6.07, 6.45) is 5.13. The van der Waals surface area contributed by atoms with Crippen LogP contribution in [-0.2, 0) is 12.8 Å². The summed E-state index contributed by atoms with van der Waals surface area (Å²) < 4.78 is 5.35. The summed E-state index contributed by atoms with van der Waals surface area (Å²) >= 11 is 0. The van der Waals surface area contributed by atoms with E-state index in [-0.39, 0.29) is 6.04 Å². The van der Waals surface area contributed by atoms with E-state index in [0.29, 0.717) is 11.8 Å². The van der Waals surface area contributed by atoms with E-state index in [0.717, 1.165) is 37.9 Å². The van der Waals surface area contributed by atoms with Crippen molar-refractivity contribution in [2.45, 2.75) is 51.0 Å². The van der Waals surface area contributed by atoms with Crippen molar-refractivity contribution in [3.8, 4) is 0 Å². The summed E-state index contributed by atoms with van der Waals surface area (Å²) in [4.78, 5) is 4.53. The Kier molecular flexibility index (Phi) is 3.83. The molecule has 0 amide bonds. The largest absolute Gasteiger partial charge is 0.338 e. The molecular weight excluding hydrogens is 250 g/mol. The van der Waals surface area contributed by atoms with Crippen LogP contribution in [-0.4, -0.2) is 10.1 Å². The van der Waals surface area contributed by atoms with Crippen LogP contribution >= 0.6 is 0 Å². The van der Waals surface area contributed by atoms with Gasteiger partial charge in [0.2, 0.25) is 5.89 Å². The Labute approximate surface area is 119 Å². The molecule has 2 aromatic rings. The molecule has 20 heavy (non-hydrogen) atoms. The molecule has 0 spiro atoms. The third-order valence-electron chi connectivity index (χ3n) is 4.06. The Hall–Kier alpha value is -1.68. The average molecular weight is 271 g/mol. The molecule has 0 bridgehead atoms. The highest BCUT2D eigenvalue weighted by Crippen LogP contribution is 2.32. The first-order chi connectivity index (χ1) is 9.78. The number of benzene rings is 1. The fraction of sp³-hybridized carbons (Fsp3) is 0.500. The lowest BCUT2D eigenvalue weighted by atomic mass is 10.1. The van der Waals surface area contributed by atoms with Crippen LogP contribution in [0.4, 0.5) is 0 Å². The van der Waals surface area contributed by atoms with Crippen LogP contribution in [0.15, 0.2) is 28.8 Å². The van der Waals surface area contributed by atoms with Crippen LogP contribution in [0, 0.1) is 0 Å². The summed E-state index contributed by atoms with van der Waals surface area (Å²) in [5.74, 6) is 1.73. The van der Waals surface area contributed by atoms with E-state index in [1.165, 1.54) is 11.1 Å². The van der Waals surface area contributed by atoms with Crippen LogP contribution in [0.3, 0.4) is 0 Å². The molecule has 1 aliphatic rings. The van der Waals surface area contributed by atoms with Gasteiger partial charge in [-0.15, -0.1) is 0 Å². The fourth-order valence-electron chi connectivity index (χ4n) is 2.85. The third kappa shape index (κ3) is 2.61. The maximum Gasteiger partial charge on any atom is 0.243 e. The predicted octanol–water partition coefficient (Wildman–Crippen LogP) is 3.14. The molecule has 1 heterocycles. The third-order valence-corrected chi connectivity index (χ3v) is 4.06. The Bertz CT molecular complexity index is 554. The van der Waals surface area contributed by atoms with Gasteiger partial charge < -0.3 is 10.3 Å². The second-order valence-electron chi connectivity index (χ2n) is 5.61. The molecule has 0 fully saturated rings. The van der Waals surface area contributed by atoms with E-state index < -0.39 is 0 Å². The number of nitrogens with two attached hydrogens (primary N) is 1. The number of aromatic nitrogens is 2. The maximum atomic E-state index is 6.08. The van der Waals surface area contributed by atoms with E-state index in [1.807, 2.05) is 0 Å². The van der Waals surface area contributed by atoms with Gasteiger partial charge >= 0.3 is 0 Å². The molecule has 0 saturated carbocycles. The van der Waals surface area contributed by atoms with Crippen molar-refractivity contribution in [1.82, 2.24) is 10.1 Å². The van der Waals surface area contributed by atoms with E-state index in [2.05, 4.69) is 41.3 Å². The molecular formula is C16H21N3O. The Balaban J connectivity index is 1.69. The van der Waals surface area contributed by atoms with Gasteiger partial charge in [-0.25, -0.2) is 0 Å². The van der Waals surface area contributed by atoms with Crippen LogP contribution in [0.2, 0.25) is 0 Å². The number of rotatable bonds is 5. The molecule has 0 aliphatic heterocycles. The molecule has 1 atom stereocenters. The highest BCUT2D eigenvalue weighted by Gasteiger charge is 2.27. The van der Waals surface area contributed by atoms with Gasteiger partial charge in [-0.05, 0) is 30.4 Å². The highest BCUT2D eigenvalue weighted by molar-refractivity contribution is 5.34. The van der Waals surface area contributed by atoms with Gasteiger partial charge in [-0.2, -0.15) is 4.98 Å². The molecule has 0 radical (unpaired) electrons. The monoisotopic (exact) mass is 271 g/mol. The van der Waals surface area contributed by atoms with Gasteiger partial charge in [0.25, 0.3) is 0 Å². The van der Waals surface area contributed by atoms with Crippen molar-refractivity contribution in [2.75, 3.05) is 0 Å². The zero-order valence-corrected chi connectivity index (χ0v) is 11.9. The predicted molar refractivity (Wildman–Crippen MR) is 77.3 cm³/mol. The van der Waals surface area contributed by atoms with Gasteiger partial charge in [-0.3, -0.25) is 0 Å². The van der Waals surface area contributed by atoms with E-state index in [4.69, 9.17) is 10.3 Å². The summed E-state index contributed by atoms with van der Waals surface area (Å²) in [5.41, 5.74) is 8.88. The van der Waals surface area contributed by atoms with Crippen molar-refractivity contribution in [3.63, 3.8) is 0 Å². The molecule has 3 rings (SSSR count). The summed E-state index contributed by atoms with van der Waals surface area (Å²) in [5, 5.41) is 4.14. The summed E-state index contributed by atoms with van der Waals surface area (Å²) in [6.45, 7) is 2.15. The Morgan fingerprint density at radius 2 is 2.00 bits per heavy atom. The van der Waals surface area contributed by atoms with Crippen LogP contribution in [0.5, 0.6) is 0 Å². The van der Waals surface area contributed by atoms with Gasteiger partial charge in [-0.1, -0.05) is 49.2 Å². The standard InChI is InChI=1S/C16H21N3O/c1-2-3-8-14(17)16-18-15(19-20-16)13-9-11-6-4-5-7-12(11)10-13/h4-7,13-14H,2-3,8-10,17H2,1H3. The van der Waals surface area contributed by atoms with Gasteiger partial charge in [0.05, 0.1) is 6.04 Å². The minimum absolute atomic E-state index is 0.125. The second-order valence-corrected chi connectivity index (χ2v) is 5.61. The number of hydrogen-bond donors (Lipinski definition) is 1. The van der Waals surface area contributed by atoms with Crippen LogP contribution in [0.25, 0.3) is 0 Å². The Morgan fingerprint density at radius 1 is 1.30 bits per heavy atom. The van der Waals surface area contributed by atoms with Gasteiger partial charge in [0.15, 0.2) is 5.82 Å². The number of fused-ring (bicyclic) bond motifs is 1. The topological polar surface area (TPSA) is 64.9 Å². The first-order valence-electron chi connectivity index (χ1n) is 7.43. The maximum absolute atomic E-state index is 6.08. The zero-order valence-electron chi connectivity index (χ0n) is 11.9. The number of unbranched alkanes of at least 4 members (excludes halogenated alkanes) is 1. The van der Waals surface area contributed by atoms with Crippen molar-refractivity contribution in [2.24, 2.45) is 5.73 Å². The van der Waals surface area contributed by atoms with E-state index in [9.17, 15) is 0 Å². The summed E-state index contributed by atoms with van der Waals surface area (Å²) in [6, 6.07) is 8.42. The first-order valence-corrected chi connectivity index (χ1v) is 7.43. The van der Waals surface area contributed by atoms with E-state index >= 15 is 0 Å². The second kappa shape index (κ2) is 5.75. The molecule has 4 heteroatoms. The minimum atomic E-state index is -0.125. The average Bonchev–Trinajstić information content (AvgIpc) is 3.10. The molecule has 1 aromatic carbocycles. The van der Waals surface area contributed by atoms with Crippen molar-refractivity contribution >= 4 is 0 Å². The van der Waals surface area contributed by atoms with Crippen LogP contribution in [0.1, 0.15) is 61.0 Å².